The lowest BCUT2D eigenvalue weighted by atomic mass is 9.95. The zero-order valence-corrected chi connectivity index (χ0v) is 13.2. The van der Waals surface area contributed by atoms with Gasteiger partial charge in [-0.05, 0) is 20.8 Å². The van der Waals surface area contributed by atoms with E-state index in [4.69, 9.17) is 0 Å². The van der Waals surface area contributed by atoms with Crippen molar-refractivity contribution in [1.82, 2.24) is 19.6 Å². The molecule has 8 heteroatoms. The topological polar surface area (TPSA) is 92.6 Å². The number of carbonyl (C=O) groups excluding carboxylic acids is 4. The molecule has 2 rings (SSSR count). The largest absolute Gasteiger partial charge is 0.332 e. The van der Waals surface area contributed by atoms with E-state index < -0.39 is 29.5 Å². The van der Waals surface area contributed by atoms with Crippen LogP contribution in [0, 0.1) is 5.92 Å². The van der Waals surface area contributed by atoms with Crippen LogP contribution in [0.15, 0.2) is 12.4 Å². The van der Waals surface area contributed by atoms with Crippen LogP contribution in [0.1, 0.15) is 31.1 Å². The number of carbonyl (C=O) groups is 4. The molecule has 0 saturated carbocycles. The molecule has 2 heterocycles. The van der Waals surface area contributed by atoms with Crippen LogP contribution in [0.2, 0.25) is 0 Å². The molecule has 0 radical (unpaired) electrons. The Balaban J connectivity index is 2.36. The SMILES string of the molecule is CN1C(=O)C(C(=O)c2cnn(C(C)(C)C)c2)C(=O)N(C)C1=O. The van der Waals surface area contributed by atoms with Crippen LogP contribution in [0.25, 0.3) is 0 Å². The summed E-state index contributed by atoms with van der Waals surface area (Å²) in [6.07, 6.45) is 2.82. The van der Waals surface area contributed by atoms with Crippen LogP contribution in [0.3, 0.4) is 0 Å². The van der Waals surface area contributed by atoms with E-state index in [1.165, 1.54) is 26.5 Å². The average molecular weight is 306 g/mol. The molecule has 1 aromatic rings. The maximum absolute atomic E-state index is 12.5. The lowest BCUT2D eigenvalue weighted by Gasteiger charge is -2.31. The van der Waals surface area contributed by atoms with Crippen molar-refractivity contribution in [3.05, 3.63) is 18.0 Å². The number of hydrogen-bond donors (Lipinski definition) is 0. The Kier molecular flexibility index (Phi) is 3.64. The molecular formula is C14H18N4O4. The Bertz CT molecular complexity index is 647. The summed E-state index contributed by atoms with van der Waals surface area (Å²) in [6, 6.07) is -0.746. The van der Waals surface area contributed by atoms with E-state index in [1.54, 1.807) is 4.68 Å². The van der Waals surface area contributed by atoms with Gasteiger partial charge in [-0.3, -0.25) is 28.9 Å². The van der Waals surface area contributed by atoms with Crippen molar-refractivity contribution < 1.29 is 19.2 Å². The summed E-state index contributed by atoms with van der Waals surface area (Å²) in [5, 5.41) is 4.09. The molecule has 0 bridgehead atoms. The standard InChI is InChI=1S/C14H18N4O4/c1-14(2,3)18-7-8(6-15-18)10(19)9-11(20)16(4)13(22)17(5)12(9)21/h6-7,9H,1-5H3. The minimum absolute atomic E-state index is 0.165. The fourth-order valence-corrected chi connectivity index (χ4v) is 2.11. The number of imide groups is 2. The summed E-state index contributed by atoms with van der Waals surface area (Å²) in [5.41, 5.74) is -0.166. The van der Waals surface area contributed by atoms with Gasteiger partial charge >= 0.3 is 6.03 Å². The Morgan fingerprint density at radius 2 is 1.59 bits per heavy atom. The molecule has 8 nitrogen and oxygen atoms in total. The highest BCUT2D eigenvalue weighted by Crippen LogP contribution is 2.21. The van der Waals surface area contributed by atoms with E-state index in [0.29, 0.717) is 0 Å². The molecule has 1 aliphatic heterocycles. The molecule has 118 valence electrons. The Morgan fingerprint density at radius 1 is 1.09 bits per heavy atom. The van der Waals surface area contributed by atoms with Gasteiger partial charge in [0.2, 0.25) is 0 Å². The molecular weight excluding hydrogens is 288 g/mol. The lowest BCUT2D eigenvalue weighted by Crippen LogP contribution is -2.58. The van der Waals surface area contributed by atoms with Gasteiger partial charge in [0.25, 0.3) is 11.8 Å². The lowest BCUT2D eigenvalue weighted by molar-refractivity contribution is -0.145. The van der Waals surface area contributed by atoms with E-state index in [2.05, 4.69) is 5.10 Å². The molecule has 0 aliphatic carbocycles. The van der Waals surface area contributed by atoms with Gasteiger partial charge in [-0.2, -0.15) is 5.10 Å². The predicted octanol–water partition coefficient (Wildman–Crippen LogP) is 0.487. The van der Waals surface area contributed by atoms with Crippen LogP contribution in [0.5, 0.6) is 0 Å². The van der Waals surface area contributed by atoms with Gasteiger partial charge in [-0.25, -0.2) is 4.79 Å². The smallest absolute Gasteiger partial charge is 0.293 e. The number of nitrogens with zero attached hydrogens (tertiary/aromatic N) is 4. The minimum atomic E-state index is -1.54. The molecule has 1 aliphatic rings. The summed E-state index contributed by atoms with van der Waals surface area (Å²) >= 11 is 0. The summed E-state index contributed by atoms with van der Waals surface area (Å²) in [7, 11) is 2.49. The summed E-state index contributed by atoms with van der Waals surface area (Å²) in [4.78, 5) is 50.0. The zero-order chi connectivity index (χ0) is 16.8. The number of hydrogen-bond acceptors (Lipinski definition) is 5. The molecule has 0 atom stereocenters. The maximum atomic E-state index is 12.5. The number of ketones is 1. The number of aromatic nitrogens is 2. The molecule has 4 amide bonds. The second-order valence-electron chi connectivity index (χ2n) is 6.22. The molecule has 0 unspecified atom stereocenters. The number of rotatable bonds is 2. The van der Waals surface area contributed by atoms with Gasteiger partial charge < -0.3 is 0 Å². The second kappa shape index (κ2) is 5.04. The van der Waals surface area contributed by atoms with Crippen molar-refractivity contribution >= 4 is 23.6 Å². The van der Waals surface area contributed by atoms with Crippen molar-refractivity contribution in [3.8, 4) is 0 Å². The first kappa shape index (κ1) is 15.9. The van der Waals surface area contributed by atoms with Crippen molar-refractivity contribution in [2.24, 2.45) is 5.92 Å². The van der Waals surface area contributed by atoms with E-state index in [1.807, 2.05) is 20.8 Å². The van der Waals surface area contributed by atoms with Gasteiger partial charge in [0.1, 0.15) is 0 Å². The molecule has 22 heavy (non-hydrogen) atoms. The molecule has 0 N–H and O–H groups in total. The number of amides is 4. The zero-order valence-electron chi connectivity index (χ0n) is 13.2. The van der Waals surface area contributed by atoms with Crippen molar-refractivity contribution in [2.75, 3.05) is 14.1 Å². The van der Waals surface area contributed by atoms with Crippen molar-refractivity contribution in [2.45, 2.75) is 26.3 Å². The first-order valence-electron chi connectivity index (χ1n) is 6.74. The van der Waals surface area contributed by atoms with E-state index in [0.717, 1.165) is 9.80 Å². The van der Waals surface area contributed by atoms with Crippen LogP contribution in [0.4, 0.5) is 4.79 Å². The summed E-state index contributed by atoms with van der Waals surface area (Å²) in [5.74, 6) is -3.83. The van der Waals surface area contributed by atoms with Crippen LogP contribution in [-0.4, -0.2) is 57.3 Å². The third kappa shape index (κ3) is 2.40. The van der Waals surface area contributed by atoms with E-state index >= 15 is 0 Å². The third-order valence-corrected chi connectivity index (χ3v) is 3.55. The molecule has 1 fully saturated rings. The molecule has 0 aromatic carbocycles. The second-order valence-corrected chi connectivity index (χ2v) is 6.22. The first-order valence-corrected chi connectivity index (χ1v) is 6.74. The van der Waals surface area contributed by atoms with Crippen molar-refractivity contribution in [1.29, 1.82) is 0 Å². The Labute approximate surface area is 127 Å². The highest BCUT2D eigenvalue weighted by Gasteiger charge is 2.47. The minimum Gasteiger partial charge on any atom is -0.293 e. The van der Waals surface area contributed by atoms with E-state index in [9.17, 15) is 19.2 Å². The molecule has 0 spiro atoms. The van der Waals surface area contributed by atoms with Gasteiger partial charge in [-0.1, -0.05) is 0 Å². The van der Waals surface area contributed by atoms with Gasteiger partial charge in [0.15, 0.2) is 11.7 Å². The maximum Gasteiger partial charge on any atom is 0.332 e. The fourth-order valence-electron chi connectivity index (χ4n) is 2.11. The summed E-state index contributed by atoms with van der Waals surface area (Å²) in [6.45, 7) is 5.72. The summed E-state index contributed by atoms with van der Waals surface area (Å²) < 4.78 is 1.58. The van der Waals surface area contributed by atoms with Gasteiger partial charge in [0.05, 0.1) is 17.3 Å². The van der Waals surface area contributed by atoms with Crippen LogP contribution < -0.4 is 0 Å². The average Bonchev–Trinajstić information content (AvgIpc) is 2.93. The van der Waals surface area contributed by atoms with Gasteiger partial charge in [-0.15, -0.1) is 0 Å². The highest BCUT2D eigenvalue weighted by atomic mass is 16.2. The normalized spacial score (nSPS) is 17.4. The van der Waals surface area contributed by atoms with Crippen LogP contribution in [-0.2, 0) is 15.1 Å². The number of Topliss-reactive ketones (excluding diaryl/α,β-unsaturated/α-hetero) is 1. The third-order valence-electron chi connectivity index (χ3n) is 3.55. The fraction of sp³-hybridized carbons (Fsp3) is 0.500. The molecule has 1 saturated heterocycles. The Hall–Kier alpha value is -2.51. The number of urea groups is 1. The van der Waals surface area contributed by atoms with Crippen LogP contribution >= 0.6 is 0 Å². The quantitative estimate of drug-likeness (QED) is 0.585. The van der Waals surface area contributed by atoms with E-state index in [-0.39, 0.29) is 11.1 Å². The Morgan fingerprint density at radius 3 is 2.00 bits per heavy atom. The first-order chi connectivity index (χ1) is 10.1. The van der Waals surface area contributed by atoms with Gasteiger partial charge in [0, 0.05) is 20.3 Å². The number of barbiturate groups is 1. The van der Waals surface area contributed by atoms with Crippen molar-refractivity contribution in [3.63, 3.8) is 0 Å². The molecule has 1 aromatic heterocycles. The monoisotopic (exact) mass is 306 g/mol. The predicted molar refractivity (Wildman–Crippen MR) is 76.0 cm³/mol. The highest BCUT2D eigenvalue weighted by molar-refractivity contribution is 6.29.